The standard InChI is InChI=1S/C19H16FN5O/c1-10-4-7-16(15(20)8-10)24-17-13-6-5-11(2)22-18(13)21-9-14(17)19-23-12(3)25-26-19/h4-9H,1-3H3,(H,21,22,24). The molecule has 0 unspecified atom stereocenters. The molecule has 4 aromatic rings. The van der Waals surface area contributed by atoms with Crippen molar-refractivity contribution in [1.29, 1.82) is 0 Å². The number of nitrogens with zero attached hydrogens (tertiary/aromatic N) is 4. The lowest BCUT2D eigenvalue weighted by Gasteiger charge is -2.13. The number of rotatable bonds is 3. The highest BCUT2D eigenvalue weighted by atomic mass is 19.1. The third-order valence-corrected chi connectivity index (χ3v) is 4.01. The van der Waals surface area contributed by atoms with Gasteiger partial charge in [-0.3, -0.25) is 0 Å². The van der Waals surface area contributed by atoms with Crippen LogP contribution in [0, 0.1) is 26.6 Å². The summed E-state index contributed by atoms with van der Waals surface area (Å²) < 4.78 is 19.7. The molecule has 7 heteroatoms. The highest BCUT2D eigenvalue weighted by Crippen LogP contribution is 2.35. The Labute approximate surface area is 149 Å². The maximum atomic E-state index is 14.4. The summed E-state index contributed by atoms with van der Waals surface area (Å²) in [5.41, 5.74) is 3.80. The summed E-state index contributed by atoms with van der Waals surface area (Å²) in [6.07, 6.45) is 1.61. The van der Waals surface area contributed by atoms with E-state index in [-0.39, 0.29) is 5.82 Å². The van der Waals surface area contributed by atoms with Gasteiger partial charge in [-0.1, -0.05) is 11.2 Å². The van der Waals surface area contributed by atoms with Crippen molar-refractivity contribution < 1.29 is 8.91 Å². The molecule has 26 heavy (non-hydrogen) atoms. The van der Waals surface area contributed by atoms with Crippen LogP contribution in [0.5, 0.6) is 0 Å². The lowest BCUT2D eigenvalue weighted by Crippen LogP contribution is -2.00. The number of anilines is 2. The molecule has 0 aliphatic rings. The Hall–Kier alpha value is -3.35. The van der Waals surface area contributed by atoms with Crippen LogP contribution in [-0.2, 0) is 0 Å². The fraction of sp³-hybridized carbons (Fsp3) is 0.158. The molecule has 0 saturated heterocycles. The van der Waals surface area contributed by atoms with Crippen molar-refractivity contribution in [2.24, 2.45) is 0 Å². The van der Waals surface area contributed by atoms with Crippen molar-refractivity contribution in [2.75, 3.05) is 5.32 Å². The molecular weight excluding hydrogens is 333 g/mol. The van der Waals surface area contributed by atoms with Crippen LogP contribution in [0.3, 0.4) is 0 Å². The lowest BCUT2D eigenvalue weighted by molar-refractivity contribution is 0.425. The Morgan fingerprint density at radius 3 is 2.62 bits per heavy atom. The number of halogens is 1. The molecule has 0 aliphatic heterocycles. The second-order valence-corrected chi connectivity index (χ2v) is 6.13. The zero-order valence-corrected chi connectivity index (χ0v) is 14.5. The molecule has 3 aromatic heterocycles. The minimum atomic E-state index is -0.345. The van der Waals surface area contributed by atoms with Gasteiger partial charge in [0.15, 0.2) is 11.5 Å². The first kappa shape index (κ1) is 16.1. The third-order valence-electron chi connectivity index (χ3n) is 4.01. The van der Waals surface area contributed by atoms with Gasteiger partial charge in [-0.25, -0.2) is 14.4 Å². The van der Waals surface area contributed by atoms with Crippen LogP contribution in [0.15, 0.2) is 41.1 Å². The van der Waals surface area contributed by atoms with E-state index < -0.39 is 0 Å². The fourth-order valence-electron chi connectivity index (χ4n) is 2.73. The summed E-state index contributed by atoms with van der Waals surface area (Å²) in [5, 5.41) is 7.73. The molecule has 0 bridgehead atoms. The van der Waals surface area contributed by atoms with Crippen LogP contribution in [0.1, 0.15) is 17.1 Å². The van der Waals surface area contributed by atoms with Crippen molar-refractivity contribution in [3.05, 3.63) is 59.4 Å². The third kappa shape index (κ3) is 2.88. The Balaban J connectivity index is 1.94. The highest BCUT2D eigenvalue weighted by Gasteiger charge is 2.18. The summed E-state index contributed by atoms with van der Waals surface area (Å²) in [4.78, 5) is 13.1. The minimum absolute atomic E-state index is 0.312. The summed E-state index contributed by atoms with van der Waals surface area (Å²) in [6.45, 7) is 5.47. The fourth-order valence-corrected chi connectivity index (χ4v) is 2.73. The van der Waals surface area contributed by atoms with Gasteiger partial charge >= 0.3 is 0 Å². The predicted octanol–water partition coefficient (Wildman–Crippen LogP) is 4.49. The van der Waals surface area contributed by atoms with Crippen molar-refractivity contribution in [1.82, 2.24) is 20.1 Å². The molecule has 1 aromatic carbocycles. The number of nitrogens with one attached hydrogen (secondary N) is 1. The molecule has 130 valence electrons. The monoisotopic (exact) mass is 349 g/mol. The number of benzene rings is 1. The average molecular weight is 349 g/mol. The summed E-state index contributed by atoms with van der Waals surface area (Å²) in [5.74, 6) is 0.477. The van der Waals surface area contributed by atoms with Gasteiger partial charge in [0.1, 0.15) is 5.82 Å². The first-order chi connectivity index (χ1) is 12.5. The van der Waals surface area contributed by atoms with Gasteiger partial charge in [0.05, 0.1) is 16.9 Å². The quantitative estimate of drug-likeness (QED) is 0.587. The summed E-state index contributed by atoms with van der Waals surface area (Å²) >= 11 is 0. The van der Waals surface area contributed by atoms with E-state index >= 15 is 0 Å². The molecule has 0 fully saturated rings. The smallest absolute Gasteiger partial charge is 0.261 e. The van der Waals surface area contributed by atoms with Crippen LogP contribution in [0.25, 0.3) is 22.5 Å². The molecule has 0 spiro atoms. The van der Waals surface area contributed by atoms with E-state index in [1.54, 1.807) is 19.2 Å². The van der Waals surface area contributed by atoms with E-state index in [9.17, 15) is 4.39 Å². The average Bonchev–Trinajstić information content (AvgIpc) is 3.03. The number of aromatic nitrogens is 4. The SMILES string of the molecule is Cc1ccc(Nc2c(-c3nc(C)no3)cnc3nc(C)ccc23)c(F)c1. The molecule has 6 nitrogen and oxygen atoms in total. The van der Waals surface area contributed by atoms with E-state index in [4.69, 9.17) is 4.52 Å². The van der Waals surface area contributed by atoms with Gasteiger partial charge in [0.25, 0.3) is 5.89 Å². The van der Waals surface area contributed by atoms with Crippen LogP contribution in [-0.4, -0.2) is 20.1 Å². The van der Waals surface area contributed by atoms with Crippen molar-refractivity contribution in [3.8, 4) is 11.5 Å². The second-order valence-electron chi connectivity index (χ2n) is 6.13. The van der Waals surface area contributed by atoms with E-state index in [1.807, 2.05) is 32.0 Å². The molecule has 3 heterocycles. The Morgan fingerprint density at radius 2 is 1.88 bits per heavy atom. The van der Waals surface area contributed by atoms with Gasteiger partial charge in [0, 0.05) is 17.3 Å². The van der Waals surface area contributed by atoms with Crippen LogP contribution < -0.4 is 5.32 Å². The van der Waals surface area contributed by atoms with Crippen LogP contribution in [0.4, 0.5) is 15.8 Å². The summed E-state index contributed by atoms with van der Waals surface area (Å²) in [6, 6.07) is 8.79. The number of fused-ring (bicyclic) bond motifs is 1. The molecular formula is C19H16FN5O. The molecule has 0 saturated carbocycles. The minimum Gasteiger partial charge on any atom is -0.352 e. The van der Waals surface area contributed by atoms with E-state index in [2.05, 4.69) is 25.4 Å². The molecule has 4 rings (SSSR count). The number of hydrogen-bond acceptors (Lipinski definition) is 6. The number of aryl methyl sites for hydroxylation is 3. The molecule has 0 radical (unpaired) electrons. The van der Waals surface area contributed by atoms with Crippen LogP contribution >= 0.6 is 0 Å². The van der Waals surface area contributed by atoms with Crippen molar-refractivity contribution >= 4 is 22.4 Å². The molecule has 1 N–H and O–H groups in total. The van der Waals surface area contributed by atoms with Crippen molar-refractivity contribution in [3.63, 3.8) is 0 Å². The first-order valence-electron chi connectivity index (χ1n) is 8.11. The molecule has 0 atom stereocenters. The van der Waals surface area contributed by atoms with Gasteiger partial charge in [-0.2, -0.15) is 4.98 Å². The maximum absolute atomic E-state index is 14.4. The maximum Gasteiger partial charge on any atom is 0.261 e. The first-order valence-corrected chi connectivity index (χ1v) is 8.11. The Bertz CT molecular complexity index is 1120. The second kappa shape index (κ2) is 6.18. The van der Waals surface area contributed by atoms with Gasteiger partial charge in [0.2, 0.25) is 0 Å². The largest absolute Gasteiger partial charge is 0.352 e. The normalized spacial score (nSPS) is 11.1. The predicted molar refractivity (Wildman–Crippen MR) is 96.7 cm³/mol. The topological polar surface area (TPSA) is 76.7 Å². The number of hydrogen-bond donors (Lipinski definition) is 1. The Kier molecular flexibility index (Phi) is 3.84. The van der Waals surface area contributed by atoms with Crippen molar-refractivity contribution in [2.45, 2.75) is 20.8 Å². The van der Waals surface area contributed by atoms with Gasteiger partial charge in [-0.15, -0.1) is 0 Å². The van der Waals surface area contributed by atoms with Crippen LogP contribution in [0.2, 0.25) is 0 Å². The van der Waals surface area contributed by atoms with E-state index in [0.717, 1.165) is 16.6 Å². The van der Waals surface area contributed by atoms with E-state index in [1.165, 1.54) is 6.07 Å². The van der Waals surface area contributed by atoms with Gasteiger partial charge in [-0.05, 0) is 50.6 Å². The lowest BCUT2D eigenvalue weighted by atomic mass is 10.1. The summed E-state index contributed by atoms with van der Waals surface area (Å²) in [7, 11) is 0. The Morgan fingerprint density at radius 1 is 1.04 bits per heavy atom. The highest BCUT2D eigenvalue weighted by molar-refractivity contribution is 5.98. The van der Waals surface area contributed by atoms with E-state index in [0.29, 0.717) is 34.3 Å². The molecule has 0 amide bonds. The number of pyridine rings is 2. The van der Waals surface area contributed by atoms with Gasteiger partial charge < -0.3 is 9.84 Å². The zero-order valence-electron chi connectivity index (χ0n) is 14.5. The molecule has 0 aliphatic carbocycles. The zero-order chi connectivity index (χ0) is 18.3.